The van der Waals surface area contributed by atoms with Crippen LogP contribution in [0.25, 0.3) is 0 Å². The number of allylic oxidation sites excluding steroid dienone is 1. The molecule has 3 heteroatoms. The smallest absolute Gasteiger partial charge is 0.333 e. The average Bonchev–Trinajstić information content (AvgIpc) is 2.55. The Morgan fingerprint density at radius 2 is 1.48 bits per heavy atom. The van der Waals surface area contributed by atoms with Crippen molar-refractivity contribution < 1.29 is 14.3 Å². The third-order valence-electron chi connectivity index (χ3n) is 4.41. The molecule has 0 amide bonds. The van der Waals surface area contributed by atoms with Gasteiger partial charge in [0.15, 0.2) is 0 Å². The highest BCUT2D eigenvalue weighted by molar-refractivity contribution is 5.88. The second-order valence-electron chi connectivity index (χ2n) is 6.49. The minimum atomic E-state index is -0.106. The van der Waals surface area contributed by atoms with Crippen LogP contribution in [-0.4, -0.2) is 25.8 Å². The highest BCUT2D eigenvalue weighted by Crippen LogP contribution is 2.16. The molecule has 0 saturated carbocycles. The van der Waals surface area contributed by atoms with E-state index < -0.39 is 0 Å². The SMILES string of the molecule is CCOC(=O)/C1=C\CCCCCOCCCCCCCCCC1. The van der Waals surface area contributed by atoms with Crippen LogP contribution in [0.15, 0.2) is 11.6 Å². The Bertz CT molecular complexity index is 323. The number of carbonyl (C=O) groups is 1. The molecule has 3 nitrogen and oxygen atoms in total. The lowest BCUT2D eigenvalue weighted by Gasteiger charge is -2.08. The van der Waals surface area contributed by atoms with E-state index in [4.69, 9.17) is 9.47 Å². The van der Waals surface area contributed by atoms with Gasteiger partial charge in [-0.2, -0.15) is 0 Å². The third-order valence-corrected chi connectivity index (χ3v) is 4.41. The van der Waals surface area contributed by atoms with Gasteiger partial charge < -0.3 is 9.47 Å². The minimum absolute atomic E-state index is 0.106. The molecule has 0 N–H and O–H groups in total. The summed E-state index contributed by atoms with van der Waals surface area (Å²) in [5, 5.41) is 0. The van der Waals surface area contributed by atoms with Gasteiger partial charge in [-0.25, -0.2) is 4.79 Å². The van der Waals surface area contributed by atoms with Gasteiger partial charge in [0, 0.05) is 18.8 Å². The zero-order chi connectivity index (χ0) is 16.6. The van der Waals surface area contributed by atoms with Crippen molar-refractivity contribution in [2.24, 2.45) is 0 Å². The quantitative estimate of drug-likeness (QED) is 0.622. The van der Waals surface area contributed by atoms with Gasteiger partial charge in [-0.1, -0.05) is 51.0 Å². The van der Waals surface area contributed by atoms with Crippen molar-refractivity contribution in [3.63, 3.8) is 0 Å². The Balaban J connectivity index is 2.40. The minimum Gasteiger partial charge on any atom is -0.463 e. The van der Waals surface area contributed by atoms with Gasteiger partial charge in [0.05, 0.1) is 6.61 Å². The van der Waals surface area contributed by atoms with Crippen LogP contribution in [0, 0.1) is 0 Å². The molecule has 0 fully saturated rings. The Hall–Kier alpha value is -0.830. The second kappa shape index (κ2) is 14.7. The van der Waals surface area contributed by atoms with Gasteiger partial charge in [-0.15, -0.1) is 0 Å². The van der Waals surface area contributed by atoms with Gasteiger partial charge in [0.25, 0.3) is 0 Å². The lowest BCUT2D eigenvalue weighted by Crippen LogP contribution is -2.08. The molecule has 0 aromatic rings. The summed E-state index contributed by atoms with van der Waals surface area (Å²) in [7, 11) is 0. The Kier molecular flexibility index (Phi) is 13.0. The number of carbonyl (C=O) groups excluding carboxylic acids is 1. The molecule has 0 radical (unpaired) electrons. The maximum atomic E-state index is 12.0. The van der Waals surface area contributed by atoms with Crippen LogP contribution in [-0.2, 0) is 14.3 Å². The molecule has 0 aliphatic carbocycles. The van der Waals surface area contributed by atoms with Gasteiger partial charge in [0.2, 0.25) is 0 Å². The summed E-state index contributed by atoms with van der Waals surface area (Å²) in [6.45, 7) is 4.15. The first kappa shape index (κ1) is 20.2. The van der Waals surface area contributed by atoms with Crippen LogP contribution >= 0.6 is 0 Å². The van der Waals surface area contributed by atoms with Crippen LogP contribution in [0.5, 0.6) is 0 Å². The van der Waals surface area contributed by atoms with E-state index in [9.17, 15) is 4.79 Å². The molecule has 0 atom stereocenters. The van der Waals surface area contributed by atoms with E-state index in [0.717, 1.165) is 50.9 Å². The highest BCUT2D eigenvalue weighted by atomic mass is 16.5. The molecular weight excluding hydrogens is 288 g/mol. The van der Waals surface area contributed by atoms with Gasteiger partial charge in [-0.05, 0) is 45.4 Å². The molecule has 134 valence electrons. The Morgan fingerprint density at radius 1 is 0.913 bits per heavy atom. The number of rotatable bonds is 2. The van der Waals surface area contributed by atoms with E-state index in [2.05, 4.69) is 6.08 Å². The van der Waals surface area contributed by atoms with Crippen molar-refractivity contribution in [2.45, 2.75) is 90.4 Å². The van der Waals surface area contributed by atoms with Crippen molar-refractivity contribution >= 4 is 5.97 Å². The van der Waals surface area contributed by atoms with Crippen LogP contribution in [0.4, 0.5) is 0 Å². The zero-order valence-corrected chi connectivity index (χ0v) is 15.1. The summed E-state index contributed by atoms with van der Waals surface area (Å²) in [5.74, 6) is -0.106. The van der Waals surface area contributed by atoms with Gasteiger partial charge in [-0.3, -0.25) is 0 Å². The first-order valence-corrected chi connectivity index (χ1v) is 9.78. The number of ether oxygens (including phenoxy) is 2. The topological polar surface area (TPSA) is 35.5 Å². The van der Waals surface area contributed by atoms with E-state index in [0.29, 0.717) is 6.61 Å². The summed E-state index contributed by atoms with van der Waals surface area (Å²) in [6.07, 6.45) is 17.5. The fourth-order valence-electron chi connectivity index (χ4n) is 3.00. The summed E-state index contributed by atoms with van der Waals surface area (Å²) >= 11 is 0. The number of hydrogen-bond donors (Lipinski definition) is 0. The zero-order valence-electron chi connectivity index (χ0n) is 15.1. The third kappa shape index (κ3) is 11.4. The van der Waals surface area contributed by atoms with Gasteiger partial charge >= 0.3 is 5.97 Å². The molecule has 1 aliphatic rings. The normalized spacial score (nSPS) is 23.1. The number of esters is 1. The Labute approximate surface area is 142 Å². The monoisotopic (exact) mass is 324 g/mol. The first-order chi connectivity index (χ1) is 11.3. The van der Waals surface area contributed by atoms with Crippen molar-refractivity contribution in [3.05, 3.63) is 11.6 Å². The number of hydrogen-bond acceptors (Lipinski definition) is 3. The van der Waals surface area contributed by atoms with Crippen LogP contribution in [0.1, 0.15) is 90.4 Å². The predicted octanol–water partition coefficient (Wildman–Crippen LogP) is 5.58. The second-order valence-corrected chi connectivity index (χ2v) is 6.49. The molecule has 0 spiro atoms. The fraction of sp³-hybridized carbons (Fsp3) is 0.850. The molecule has 0 bridgehead atoms. The maximum absolute atomic E-state index is 12.0. The summed E-state index contributed by atoms with van der Waals surface area (Å²) < 4.78 is 10.9. The summed E-state index contributed by atoms with van der Waals surface area (Å²) in [5.41, 5.74) is 0.893. The molecule has 1 aliphatic heterocycles. The van der Waals surface area contributed by atoms with Crippen molar-refractivity contribution in [3.8, 4) is 0 Å². The standard InChI is InChI=1S/C20H36O3/c1-2-23-20(21)19-15-11-7-5-3-4-6-9-13-17-22-18-14-10-8-12-16-19/h16H,2-15,17-18H2,1H3/b19-16-. The highest BCUT2D eigenvalue weighted by Gasteiger charge is 2.09. The lowest BCUT2D eigenvalue weighted by molar-refractivity contribution is -0.138. The van der Waals surface area contributed by atoms with Crippen LogP contribution < -0.4 is 0 Å². The summed E-state index contributed by atoms with van der Waals surface area (Å²) in [6, 6.07) is 0. The average molecular weight is 325 g/mol. The van der Waals surface area contributed by atoms with E-state index in [-0.39, 0.29) is 5.97 Å². The van der Waals surface area contributed by atoms with Crippen molar-refractivity contribution in [1.82, 2.24) is 0 Å². The van der Waals surface area contributed by atoms with E-state index >= 15 is 0 Å². The van der Waals surface area contributed by atoms with Crippen LogP contribution in [0.2, 0.25) is 0 Å². The molecule has 0 unspecified atom stereocenters. The van der Waals surface area contributed by atoms with Gasteiger partial charge in [0.1, 0.15) is 0 Å². The molecule has 0 aromatic carbocycles. The van der Waals surface area contributed by atoms with E-state index in [1.807, 2.05) is 6.92 Å². The van der Waals surface area contributed by atoms with E-state index in [1.54, 1.807) is 0 Å². The molecule has 23 heavy (non-hydrogen) atoms. The van der Waals surface area contributed by atoms with Crippen molar-refractivity contribution in [1.29, 1.82) is 0 Å². The predicted molar refractivity (Wildman–Crippen MR) is 95.6 cm³/mol. The van der Waals surface area contributed by atoms with E-state index in [1.165, 1.54) is 51.4 Å². The molecule has 0 saturated heterocycles. The maximum Gasteiger partial charge on any atom is 0.333 e. The molecular formula is C20H36O3. The molecule has 1 rings (SSSR count). The lowest BCUT2D eigenvalue weighted by atomic mass is 10.0. The molecule has 0 aromatic heterocycles. The first-order valence-electron chi connectivity index (χ1n) is 9.78. The molecule has 1 heterocycles. The van der Waals surface area contributed by atoms with Crippen molar-refractivity contribution in [2.75, 3.05) is 19.8 Å². The van der Waals surface area contributed by atoms with Crippen LogP contribution in [0.3, 0.4) is 0 Å². The Morgan fingerprint density at radius 3 is 2.13 bits per heavy atom. The largest absolute Gasteiger partial charge is 0.463 e. The summed E-state index contributed by atoms with van der Waals surface area (Å²) in [4.78, 5) is 12.0. The fourth-order valence-corrected chi connectivity index (χ4v) is 3.00.